The Kier molecular flexibility index (Phi) is 8.13. The molecule has 3 aromatic rings. The number of rotatable bonds is 6. The Labute approximate surface area is 223 Å². The molecule has 0 spiro atoms. The molecule has 2 aromatic heterocycles. The zero-order chi connectivity index (χ0) is 26.3. The molecule has 9 nitrogen and oxygen atoms in total. The third-order valence-corrected chi connectivity index (χ3v) is 7.01. The molecule has 4 heterocycles. The molecule has 1 N–H and O–H groups in total. The SMILES string of the molecule is Cc1ccc(N2CCN(C(=O)Oc3ccc(NC(=O)c4ccc(CN5CCCCC5)cc4)cn3)CC2)nc1. The van der Waals surface area contributed by atoms with E-state index in [2.05, 4.69) is 25.1 Å². The largest absolute Gasteiger partial charge is 0.416 e. The number of aromatic nitrogens is 2. The van der Waals surface area contributed by atoms with Gasteiger partial charge in [-0.2, -0.15) is 0 Å². The number of ether oxygens (including phenoxy) is 1. The molecular formula is C29H34N6O3. The molecule has 2 fully saturated rings. The molecule has 5 rings (SSSR count). The zero-order valence-corrected chi connectivity index (χ0v) is 21.8. The summed E-state index contributed by atoms with van der Waals surface area (Å²) in [5.41, 5.74) is 3.45. The minimum Gasteiger partial charge on any atom is -0.391 e. The number of nitrogens with one attached hydrogen (secondary N) is 1. The van der Waals surface area contributed by atoms with E-state index in [9.17, 15) is 9.59 Å². The Morgan fingerprint density at radius 1 is 0.842 bits per heavy atom. The maximum Gasteiger partial charge on any atom is 0.416 e. The van der Waals surface area contributed by atoms with Gasteiger partial charge in [-0.3, -0.25) is 9.69 Å². The number of nitrogens with zero attached hydrogens (tertiary/aromatic N) is 5. The lowest BCUT2D eigenvalue weighted by atomic mass is 10.1. The fourth-order valence-corrected chi connectivity index (χ4v) is 4.77. The molecule has 2 amide bonds. The number of likely N-dealkylation sites (tertiary alicyclic amines) is 1. The highest BCUT2D eigenvalue weighted by Gasteiger charge is 2.23. The molecule has 2 saturated heterocycles. The van der Waals surface area contributed by atoms with Gasteiger partial charge in [0.15, 0.2) is 0 Å². The summed E-state index contributed by atoms with van der Waals surface area (Å²) in [4.78, 5) is 40.2. The van der Waals surface area contributed by atoms with Gasteiger partial charge in [0.2, 0.25) is 5.88 Å². The summed E-state index contributed by atoms with van der Waals surface area (Å²) in [5, 5.41) is 2.85. The van der Waals surface area contributed by atoms with Crippen molar-refractivity contribution < 1.29 is 14.3 Å². The number of piperazine rings is 1. The van der Waals surface area contributed by atoms with E-state index >= 15 is 0 Å². The molecule has 0 radical (unpaired) electrons. The van der Waals surface area contributed by atoms with Crippen LogP contribution in [0.4, 0.5) is 16.3 Å². The van der Waals surface area contributed by atoms with Crippen LogP contribution in [0.25, 0.3) is 0 Å². The van der Waals surface area contributed by atoms with E-state index in [1.807, 2.05) is 49.5 Å². The van der Waals surface area contributed by atoms with Gasteiger partial charge >= 0.3 is 6.09 Å². The van der Waals surface area contributed by atoms with Gasteiger partial charge in [0.25, 0.3) is 5.91 Å². The quantitative estimate of drug-likeness (QED) is 0.523. The van der Waals surface area contributed by atoms with Crippen LogP contribution in [0.5, 0.6) is 5.88 Å². The van der Waals surface area contributed by atoms with Crippen LogP contribution in [0.3, 0.4) is 0 Å². The molecule has 9 heteroatoms. The second kappa shape index (κ2) is 12.0. The molecule has 0 bridgehead atoms. The van der Waals surface area contributed by atoms with E-state index in [0.29, 0.717) is 37.4 Å². The van der Waals surface area contributed by atoms with Crippen molar-refractivity contribution in [1.29, 1.82) is 0 Å². The van der Waals surface area contributed by atoms with Gasteiger partial charge in [-0.1, -0.05) is 24.6 Å². The normalized spacial score (nSPS) is 16.2. The Morgan fingerprint density at radius 3 is 2.26 bits per heavy atom. The van der Waals surface area contributed by atoms with Crippen molar-refractivity contribution in [1.82, 2.24) is 19.8 Å². The Bertz CT molecular complexity index is 1220. The van der Waals surface area contributed by atoms with Gasteiger partial charge in [0.1, 0.15) is 5.82 Å². The second-order valence-electron chi connectivity index (χ2n) is 9.91. The maximum absolute atomic E-state index is 12.7. The summed E-state index contributed by atoms with van der Waals surface area (Å²) in [6.45, 7) is 7.66. The predicted octanol–water partition coefficient (Wildman–Crippen LogP) is 4.34. The van der Waals surface area contributed by atoms with Gasteiger partial charge in [-0.05, 0) is 68.2 Å². The van der Waals surface area contributed by atoms with Crippen molar-refractivity contribution >= 4 is 23.5 Å². The van der Waals surface area contributed by atoms with E-state index in [-0.39, 0.29) is 11.8 Å². The van der Waals surface area contributed by atoms with Crippen LogP contribution >= 0.6 is 0 Å². The van der Waals surface area contributed by atoms with Gasteiger partial charge in [0.05, 0.1) is 11.9 Å². The molecule has 1 aromatic carbocycles. The van der Waals surface area contributed by atoms with E-state index < -0.39 is 6.09 Å². The van der Waals surface area contributed by atoms with Crippen LogP contribution in [0, 0.1) is 6.92 Å². The molecule has 0 atom stereocenters. The number of hydrogen-bond acceptors (Lipinski definition) is 7. The monoisotopic (exact) mass is 514 g/mol. The van der Waals surface area contributed by atoms with Crippen molar-refractivity contribution in [2.75, 3.05) is 49.5 Å². The van der Waals surface area contributed by atoms with Crippen molar-refractivity contribution in [2.24, 2.45) is 0 Å². The second-order valence-corrected chi connectivity index (χ2v) is 9.91. The van der Waals surface area contributed by atoms with Crippen molar-refractivity contribution in [3.8, 4) is 5.88 Å². The van der Waals surface area contributed by atoms with Crippen molar-refractivity contribution in [2.45, 2.75) is 32.7 Å². The first-order valence-electron chi connectivity index (χ1n) is 13.3. The van der Waals surface area contributed by atoms with Crippen LogP contribution < -0.4 is 15.0 Å². The molecule has 38 heavy (non-hydrogen) atoms. The number of amides is 2. The van der Waals surface area contributed by atoms with Crippen LogP contribution in [0.15, 0.2) is 60.9 Å². The standard InChI is InChI=1S/C29H34N6O3/c1-22-5-11-26(30-19-22)34-15-17-35(18-16-34)29(37)38-27-12-10-25(20-31-27)32-28(36)24-8-6-23(7-9-24)21-33-13-3-2-4-14-33/h5-12,19-20H,2-4,13-18,21H2,1H3,(H,32,36). The number of piperidine rings is 1. The lowest BCUT2D eigenvalue weighted by molar-refractivity contribution is 0.102. The Hall–Kier alpha value is -3.98. The van der Waals surface area contributed by atoms with E-state index in [1.54, 1.807) is 17.0 Å². The topological polar surface area (TPSA) is 90.9 Å². The number of carbonyl (C=O) groups is 2. The van der Waals surface area contributed by atoms with Crippen LogP contribution in [-0.4, -0.2) is 71.0 Å². The Balaban J connectivity index is 1.08. The predicted molar refractivity (Wildman–Crippen MR) is 147 cm³/mol. The highest BCUT2D eigenvalue weighted by Crippen LogP contribution is 2.18. The number of aryl methyl sites for hydroxylation is 1. The first kappa shape index (κ1) is 25.7. The van der Waals surface area contributed by atoms with E-state index in [1.165, 1.54) is 31.0 Å². The number of anilines is 2. The number of carbonyl (C=O) groups excluding carboxylic acids is 2. The summed E-state index contributed by atoms with van der Waals surface area (Å²) >= 11 is 0. The highest BCUT2D eigenvalue weighted by molar-refractivity contribution is 6.04. The third kappa shape index (κ3) is 6.66. The average Bonchev–Trinajstić information content (AvgIpc) is 2.95. The lowest BCUT2D eigenvalue weighted by Crippen LogP contribution is -2.49. The highest BCUT2D eigenvalue weighted by atomic mass is 16.6. The van der Waals surface area contributed by atoms with Crippen molar-refractivity contribution in [3.05, 3.63) is 77.6 Å². The van der Waals surface area contributed by atoms with Crippen molar-refractivity contribution in [3.63, 3.8) is 0 Å². The summed E-state index contributed by atoms with van der Waals surface area (Å²) in [5.74, 6) is 0.899. The number of pyridine rings is 2. The van der Waals surface area contributed by atoms with Gasteiger partial charge in [-0.25, -0.2) is 14.8 Å². The summed E-state index contributed by atoms with van der Waals surface area (Å²) in [6.07, 6.45) is 6.74. The average molecular weight is 515 g/mol. The number of hydrogen-bond donors (Lipinski definition) is 1. The minimum atomic E-state index is -0.435. The molecule has 2 aliphatic heterocycles. The zero-order valence-electron chi connectivity index (χ0n) is 21.8. The van der Waals surface area contributed by atoms with Gasteiger partial charge in [-0.15, -0.1) is 0 Å². The molecule has 198 valence electrons. The van der Waals surface area contributed by atoms with Crippen LogP contribution in [0.2, 0.25) is 0 Å². The van der Waals surface area contributed by atoms with Crippen LogP contribution in [-0.2, 0) is 6.54 Å². The summed E-state index contributed by atoms with van der Waals surface area (Å²) in [7, 11) is 0. The lowest BCUT2D eigenvalue weighted by Gasteiger charge is -2.34. The third-order valence-electron chi connectivity index (χ3n) is 7.01. The molecule has 0 saturated carbocycles. The van der Waals surface area contributed by atoms with Gasteiger partial charge < -0.3 is 19.9 Å². The van der Waals surface area contributed by atoms with Gasteiger partial charge in [0, 0.05) is 50.6 Å². The smallest absolute Gasteiger partial charge is 0.391 e. The fourth-order valence-electron chi connectivity index (χ4n) is 4.77. The van der Waals surface area contributed by atoms with Crippen LogP contribution in [0.1, 0.15) is 40.7 Å². The Morgan fingerprint density at radius 2 is 1.61 bits per heavy atom. The number of benzene rings is 1. The first-order chi connectivity index (χ1) is 18.5. The molecular weight excluding hydrogens is 480 g/mol. The maximum atomic E-state index is 12.7. The molecule has 0 unspecified atom stereocenters. The summed E-state index contributed by atoms with van der Waals surface area (Å²) < 4.78 is 5.46. The minimum absolute atomic E-state index is 0.192. The van der Waals surface area contributed by atoms with E-state index in [0.717, 1.165) is 31.0 Å². The fraction of sp³-hybridized carbons (Fsp3) is 0.379. The molecule has 2 aliphatic rings. The van der Waals surface area contributed by atoms with E-state index in [4.69, 9.17) is 4.74 Å². The summed E-state index contributed by atoms with van der Waals surface area (Å²) in [6, 6.07) is 15.0. The molecule has 0 aliphatic carbocycles. The first-order valence-corrected chi connectivity index (χ1v) is 13.3.